The van der Waals surface area contributed by atoms with Crippen LogP contribution in [-0.4, -0.2) is 30.2 Å². The smallest absolute Gasteiger partial charge is 0.271 e. The highest BCUT2D eigenvalue weighted by molar-refractivity contribution is 9.10. The number of aliphatic imine (C=N–C) groups is 1. The number of amidine groups is 1. The fourth-order valence-electron chi connectivity index (χ4n) is 3.36. The third kappa shape index (κ3) is 6.67. The number of ether oxygens (including phenoxy) is 2. The first-order valence-corrected chi connectivity index (χ1v) is 13.3. The van der Waals surface area contributed by atoms with Crippen molar-refractivity contribution in [3.8, 4) is 11.5 Å². The molecule has 37 heavy (non-hydrogen) atoms. The van der Waals surface area contributed by atoms with E-state index in [1.54, 1.807) is 66.7 Å². The van der Waals surface area contributed by atoms with Gasteiger partial charge in [0.05, 0.1) is 27.4 Å². The van der Waals surface area contributed by atoms with Crippen LogP contribution in [-0.2, 0) is 9.59 Å². The van der Waals surface area contributed by atoms with Crippen molar-refractivity contribution in [3.05, 3.63) is 85.7 Å². The minimum Gasteiger partial charge on any atom is -0.490 e. The molecule has 1 aliphatic rings. The number of benzene rings is 3. The fourth-order valence-corrected chi connectivity index (χ4v) is 5.19. The number of anilines is 1. The molecule has 2 N–H and O–H groups in total. The number of nitrogens with zero attached hydrogens (tertiary/aromatic N) is 2. The van der Waals surface area contributed by atoms with Crippen LogP contribution in [0.4, 0.5) is 11.4 Å². The summed E-state index contributed by atoms with van der Waals surface area (Å²) in [6.07, 6.45) is 1.74. The molecule has 0 bridgehead atoms. The zero-order chi connectivity index (χ0) is 26.5. The molecule has 11 heteroatoms. The van der Waals surface area contributed by atoms with Gasteiger partial charge >= 0.3 is 0 Å². The predicted octanol–water partition coefficient (Wildman–Crippen LogP) is 6.83. The molecule has 0 unspecified atom stereocenters. The van der Waals surface area contributed by atoms with Crippen LogP contribution in [0.15, 0.2) is 75.0 Å². The van der Waals surface area contributed by atoms with Gasteiger partial charge in [-0.3, -0.25) is 14.5 Å². The molecular formula is C26H20BrCl2N3O4S. The Bertz CT molecular complexity index is 1400. The number of amides is 2. The monoisotopic (exact) mass is 619 g/mol. The maximum absolute atomic E-state index is 13.6. The standard InChI is InChI=1S/C26H20BrCl2N3O4S/c1-2-35-21-12-15(11-20(27)24(21)36-14-23(30)33)13-22-25(34)32(19-9-5-17(29)6-10-19)26(37-22)31-18-7-3-16(28)4-8-18/h3-13H,2,14H2,1H3,(H2,30,33)/b22-13-,31-26?. The number of carbonyl (C=O) groups excluding carboxylic acids is 2. The van der Waals surface area contributed by atoms with Gasteiger partial charge in [0.15, 0.2) is 23.3 Å². The van der Waals surface area contributed by atoms with Gasteiger partial charge in [0.1, 0.15) is 0 Å². The van der Waals surface area contributed by atoms with Gasteiger partial charge in [-0.25, -0.2) is 4.99 Å². The van der Waals surface area contributed by atoms with Gasteiger partial charge in [0, 0.05) is 10.0 Å². The summed E-state index contributed by atoms with van der Waals surface area (Å²) in [6, 6.07) is 17.5. The second kappa shape index (κ2) is 12.0. The molecule has 3 aromatic carbocycles. The molecule has 190 valence electrons. The summed E-state index contributed by atoms with van der Waals surface area (Å²) in [5.41, 5.74) is 7.17. The van der Waals surface area contributed by atoms with Gasteiger partial charge in [0.25, 0.3) is 11.8 Å². The van der Waals surface area contributed by atoms with Crippen LogP contribution >= 0.6 is 50.9 Å². The van der Waals surface area contributed by atoms with Crippen molar-refractivity contribution in [3.63, 3.8) is 0 Å². The Morgan fingerprint density at radius 1 is 1.08 bits per heavy atom. The van der Waals surface area contributed by atoms with Crippen molar-refractivity contribution in [2.45, 2.75) is 6.92 Å². The molecule has 1 heterocycles. The molecule has 0 atom stereocenters. The molecule has 1 saturated heterocycles. The van der Waals surface area contributed by atoms with Gasteiger partial charge in [0.2, 0.25) is 0 Å². The predicted molar refractivity (Wildman–Crippen MR) is 153 cm³/mol. The van der Waals surface area contributed by atoms with E-state index >= 15 is 0 Å². The number of primary amides is 1. The van der Waals surface area contributed by atoms with Gasteiger partial charge in [-0.1, -0.05) is 23.2 Å². The lowest BCUT2D eigenvalue weighted by Gasteiger charge is -2.16. The second-order valence-corrected chi connectivity index (χ2v) is 10.4. The lowest BCUT2D eigenvalue weighted by Crippen LogP contribution is -2.28. The molecular weight excluding hydrogens is 601 g/mol. The molecule has 3 aromatic rings. The van der Waals surface area contributed by atoms with E-state index in [1.165, 1.54) is 16.7 Å². The molecule has 0 aromatic heterocycles. The Kier molecular flexibility index (Phi) is 8.81. The number of thioether (sulfide) groups is 1. The van der Waals surface area contributed by atoms with Gasteiger partial charge in [-0.2, -0.15) is 0 Å². The third-order valence-electron chi connectivity index (χ3n) is 4.93. The minimum absolute atomic E-state index is 0.247. The molecule has 1 aliphatic heterocycles. The van der Waals surface area contributed by atoms with Crippen molar-refractivity contribution < 1.29 is 19.1 Å². The molecule has 2 amide bonds. The highest BCUT2D eigenvalue weighted by atomic mass is 79.9. The number of rotatable bonds is 8. The van der Waals surface area contributed by atoms with Crippen molar-refractivity contribution in [2.24, 2.45) is 10.7 Å². The fraction of sp³-hybridized carbons (Fsp3) is 0.115. The summed E-state index contributed by atoms with van der Waals surface area (Å²) in [7, 11) is 0. The number of nitrogens with two attached hydrogens (primary N) is 1. The van der Waals surface area contributed by atoms with E-state index < -0.39 is 5.91 Å². The topological polar surface area (TPSA) is 94.2 Å². The molecule has 0 aliphatic carbocycles. The first-order valence-electron chi connectivity index (χ1n) is 11.0. The first kappa shape index (κ1) is 27.1. The Morgan fingerprint density at radius 2 is 1.73 bits per heavy atom. The highest BCUT2D eigenvalue weighted by Crippen LogP contribution is 2.41. The Balaban J connectivity index is 1.74. The largest absolute Gasteiger partial charge is 0.490 e. The van der Waals surface area contributed by atoms with E-state index in [4.69, 9.17) is 43.4 Å². The Morgan fingerprint density at radius 3 is 2.35 bits per heavy atom. The Labute approximate surface area is 236 Å². The maximum Gasteiger partial charge on any atom is 0.271 e. The van der Waals surface area contributed by atoms with E-state index in [0.717, 1.165) is 0 Å². The van der Waals surface area contributed by atoms with E-state index in [-0.39, 0.29) is 12.5 Å². The van der Waals surface area contributed by atoms with Crippen LogP contribution in [0, 0.1) is 0 Å². The van der Waals surface area contributed by atoms with Gasteiger partial charge in [-0.05, 0) is 107 Å². The molecule has 4 rings (SSSR count). The number of carbonyl (C=O) groups is 2. The van der Waals surface area contributed by atoms with Crippen LogP contribution in [0.5, 0.6) is 11.5 Å². The third-order valence-corrected chi connectivity index (χ3v) is 6.99. The molecule has 1 fully saturated rings. The van der Waals surface area contributed by atoms with Crippen LogP contribution in [0.3, 0.4) is 0 Å². The average molecular weight is 621 g/mol. The summed E-state index contributed by atoms with van der Waals surface area (Å²) >= 11 is 16.8. The number of hydrogen-bond acceptors (Lipinski definition) is 6. The Hall–Kier alpha value is -2.98. The number of halogens is 3. The molecule has 7 nitrogen and oxygen atoms in total. The SMILES string of the molecule is CCOc1cc(/C=C2\SC(=Nc3ccc(Cl)cc3)N(c3ccc(Cl)cc3)C2=O)cc(Br)c1OCC(N)=O. The molecule has 0 radical (unpaired) electrons. The van der Waals surface area contributed by atoms with Crippen LogP contribution in [0.2, 0.25) is 10.0 Å². The normalized spacial score (nSPS) is 15.5. The molecule has 0 saturated carbocycles. The quantitative estimate of drug-likeness (QED) is 0.279. The van der Waals surface area contributed by atoms with Crippen LogP contribution in [0.1, 0.15) is 12.5 Å². The zero-order valence-corrected chi connectivity index (χ0v) is 23.3. The van der Waals surface area contributed by atoms with Gasteiger partial charge in [-0.15, -0.1) is 0 Å². The van der Waals surface area contributed by atoms with Crippen molar-refractivity contribution in [1.29, 1.82) is 0 Å². The second-order valence-electron chi connectivity index (χ2n) is 7.62. The lowest BCUT2D eigenvalue weighted by atomic mass is 10.1. The summed E-state index contributed by atoms with van der Waals surface area (Å²) in [4.78, 5) is 31.4. The first-order chi connectivity index (χ1) is 17.7. The van der Waals surface area contributed by atoms with Gasteiger partial charge < -0.3 is 15.2 Å². The van der Waals surface area contributed by atoms with E-state index in [1.807, 2.05) is 6.92 Å². The van der Waals surface area contributed by atoms with E-state index in [0.29, 0.717) is 59.6 Å². The maximum atomic E-state index is 13.6. The van der Waals surface area contributed by atoms with Crippen molar-refractivity contribution >= 4 is 85.3 Å². The minimum atomic E-state index is -0.608. The van der Waals surface area contributed by atoms with E-state index in [9.17, 15) is 9.59 Å². The van der Waals surface area contributed by atoms with Crippen molar-refractivity contribution in [1.82, 2.24) is 0 Å². The summed E-state index contributed by atoms with van der Waals surface area (Å²) < 4.78 is 11.8. The summed E-state index contributed by atoms with van der Waals surface area (Å²) in [5.74, 6) is -0.0996. The van der Waals surface area contributed by atoms with E-state index in [2.05, 4.69) is 15.9 Å². The summed E-state index contributed by atoms with van der Waals surface area (Å²) in [5, 5.41) is 1.63. The summed E-state index contributed by atoms with van der Waals surface area (Å²) in [6.45, 7) is 1.90. The lowest BCUT2D eigenvalue weighted by molar-refractivity contribution is -0.120. The number of hydrogen-bond donors (Lipinski definition) is 1. The van der Waals surface area contributed by atoms with Crippen molar-refractivity contribution in [2.75, 3.05) is 18.1 Å². The molecule has 0 spiro atoms. The van der Waals surface area contributed by atoms with Crippen LogP contribution < -0.4 is 20.1 Å². The average Bonchev–Trinajstić information content (AvgIpc) is 3.15. The zero-order valence-electron chi connectivity index (χ0n) is 19.4. The van der Waals surface area contributed by atoms with Crippen LogP contribution in [0.25, 0.3) is 6.08 Å². The highest BCUT2D eigenvalue weighted by Gasteiger charge is 2.35.